The average molecular weight is 354 g/mol. The van der Waals surface area contributed by atoms with Gasteiger partial charge in [-0.15, -0.1) is 0 Å². The van der Waals surface area contributed by atoms with E-state index in [1.165, 1.54) is 16.4 Å². The van der Waals surface area contributed by atoms with E-state index in [1.54, 1.807) is 6.92 Å². The van der Waals surface area contributed by atoms with E-state index in [0.29, 0.717) is 6.54 Å². The third-order valence-electron chi connectivity index (χ3n) is 2.81. The molecule has 1 N–H and O–H groups in total. The molecule has 0 atom stereocenters. The second-order valence-electron chi connectivity index (χ2n) is 4.89. The molecule has 0 spiro atoms. The Balaban J connectivity index is 3.45. The Hall–Kier alpha value is -0.820. The van der Waals surface area contributed by atoms with Crippen LogP contribution in [0.25, 0.3) is 0 Å². The fourth-order valence-corrected chi connectivity index (χ4v) is 4.38. The van der Waals surface area contributed by atoms with E-state index in [9.17, 15) is 13.2 Å². The van der Waals surface area contributed by atoms with Crippen LogP contribution in [0.3, 0.4) is 0 Å². The lowest BCUT2D eigenvalue weighted by Gasteiger charge is -2.23. The van der Waals surface area contributed by atoms with Crippen molar-refractivity contribution >= 4 is 39.2 Å². The SMILES string of the molecule is CCN(CC(C)C)S(=O)(=O)c1ccc(Cl)c(C(=O)O)c1Cl. The molecule has 0 saturated heterocycles. The minimum Gasteiger partial charge on any atom is -0.478 e. The fraction of sp³-hybridized carbons (Fsp3) is 0.462. The standard InChI is InChI=1S/C13H17Cl2NO4S/c1-4-16(7-8(2)3)21(19,20)10-6-5-9(14)11(12(10)15)13(17)18/h5-6,8H,4,7H2,1-3H3,(H,17,18). The number of aromatic carboxylic acids is 1. The van der Waals surface area contributed by atoms with Gasteiger partial charge in [-0.2, -0.15) is 4.31 Å². The number of carboxylic acids is 1. The maximum absolute atomic E-state index is 12.6. The molecule has 118 valence electrons. The first-order chi connectivity index (χ1) is 9.62. The lowest BCUT2D eigenvalue weighted by molar-refractivity contribution is 0.0697. The molecule has 0 amide bonds. The number of carboxylic acid groups (broad SMARTS) is 1. The molecule has 0 bridgehead atoms. The van der Waals surface area contributed by atoms with Crippen LogP contribution in [0.5, 0.6) is 0 Å². The summed E-state index contributed by atoms with van der Waals surface area (Å²) in [6.07, 6.45) is 0. The number of carbonyl (C=O) groups is 1. The van der Waals surface area contributed by atoms with Crippen molar-refractivity contribution in [2.24, 2.45) is 5.92 Å². The van der Waals surface area contributed by atoms with Gasteiger partial charge in [0.05, 0.1) is 15.6 Å². The predicted molar refractivity (Wildman–Crippen MR) is 82.7 cm³/mol. The van der Waals surface area contributed by atoms with Gasteiger partial charge in [0, 0.05) is 13.1 Å². The predicted octanol–water partition coefficient (Wildman–Crippen LogP) is 3.36. The Morgan fingerprint density at radius 3 is 2.33 bits per heavy atom. The topological polar surface area (TPSA) is 74.7 Å². The monoisotopic (exact) mass is 353 g/mol. The van der Waals surface area contributed by atoms with Crippen LogP contribution in [0.15, 0.2) is 17.0 Å². The van der Waals surface area contributed by atoms with E-state index >= 15 is 0 Å². The van der Waals surface area contributed by atoms with Crippen LogP contribution in [0.4, 0.5) is 0 Å². The van der Waals surface area contributed by atoms with Crippen LogP contribution >= 0.6 is 23.2 Å². The molecule has 0 heterocycles. The average Bonchev–Trinajstić information content (AvgIpc) is 2.34. The maximum Gasteiger partial charge on any atom is 0.338 e. The first-order valence-electron chi connectivity index (χ1n) is 6.34. The minimum atomic E-state index is -3.87. The minimum absolute atomic E-state index is 0.0987. The summed E-state index contributed by atoms with van der Waals surface area (Å²) in [5.41, 5.74) is -0.403. The number of halogens is 2. The highest BCUT2D eigenvalue weighted by Gasteiger charge is 2.29. The molecule has 0 aliphatic carbocycles. The Morgan fingerprint density at radius 1 is 1.33 bits per heavy atom. The summed E-state index contributed by atoms with van der Waals surface area (Å²) in [5.74, 6) is -1.24. The third kappa shape index (κ3) is 3.88. The molecule has 0 aliphatic heterocycles. The van der Waals surface area contributed by atoms with Crippen LogP contribution in [0, 0.1) is 5.92 Å². The van der Waals surface area contributed by atoms with Crippen molar-refractivity contribution in [3.8, 4) is 0 Å². The Labute approximate surface area is 134 Å². The summed E-state index contributed by atoms with van der Waals surface area (Å²) in [4.78, 5) is 10.9. The molecule has 1 aromatic carbocycles. The van der Waals surface area contributed by atoms with E-state index in [-0.39, 0.29) is 27.4 Å². The Bertz CT molecular complexity index is 644. The van der Waals surface area contributed by atoms with E-state index in [1.807, 2.05) is 13.8 Å². The van der Waals surface area contributed by atoms with Crippen LogP contribution in [-0.4, -0.2) is 36.9 Å². The van der Waals surface area contributed by atoms with Gasteiger partial charge in [-0.3, -0.25) is 0 Å². The maximum atomic E-state index is 12.6. The summed E-state index contributed by atoms with van der Waals surface area (Å²) in [6, 6.07) is 2.46. The number of rotatable bonds is 6. The van der Waals surface area contributed by atoms with Crippen molar-refractivity contribution in [1.29, 1.82) is 0 Å². The van der Waals surface area contributed by atoms with Gasteiger partial charge in [0.1, 0.15) is 4.90 Å². The second kappa shape index (κ2) is 6.96. The normalized spacial score (nSPS) is 12.1. The van der Waals surface area contributed by atoms with Gasteiger partial charge < -0.3 is 5.11 Å². The molecule has 0 aromatic heterocycles. The van der Waals surface area contributed by atoms with Gasteiger partial charge in [-0.05, 0) is 18.1 Å². The summed E-state index contributed by atoms with van der Waals surface area (Å²) in [5, 5.41) is 8.64. The fourth-order valence-electron chi connectivity index (χ4n) is 1.87. The highest BCUT2D eigenvalue weighted by atomic mass is 35.5. The zero-order chi connectivity index (χ0) is 16.4. The van der Waals surface area contributed by atoms with Crippen LogP contribution < -0.4 is 0 Å². The summed E-state index contributed by atoms with van der Waals surface area (Å²) in [6.45, 7) is 6.08. The molecule has 1 rings (SSSR count). The zero-order valence-corrected chi connectivity index (χ0v) is 14.3. The van der Waals surface area contributed by atoms with Gasteiger partial charge in [-0.1, -0.05) is 44.0 Å². The lowest BCUT2D eigenvalue weighted by atomic mass is 10.2. The third-order valence-corrected chi connectivity index (χ3v) is 5.61. The zero-order valence-electron chi connectivity index (χ0n) is 11.9. The molecule has 1 aromatic rings. The van der Waals surface area contributed by atoms with E-state index < -0.39 is 21.6 Å². The van der Waals surface area contributed by atoms with Gasteiger partial charge in [0.25, 0.3) is 0 Å². The molecule has 5 nitrogen and oxygen atoms in total. The van der Waals surface area contributed by atoms with E-state index in [2.05, 4.69) is 0 Å². The number of sulfonamides is 1. The largest absolute Gasteiger partial charge is 0.478 e. The van der Waals surface area contributed by atoms with Crippen molar-refractivity contribution in [2.45, 2.75) is 25.7 Å². The number of nitrogens with zero attached hydrogens (tertiary/aromatic N) is 1. The molecule has 0 aliphatic rings. The smallest absolute Gasteiger partial charge is 0.338 e. The molecule has 0 saturated carbocycles. The molecule has 8 heteroatoms. The Kier molecular flexibility index (Phi) is 6.04. The van der Waals surface area contributed by atoms with Gasteiger partial charge in [-0.25, -0.2) is 13.2 Å². The quantitative estimate of drug-likeness (QED) is 0.850. The molecule has 0 radical (unpaired) electrons. The summed E-state index contributed by atoms with van der Waals surface area (Å²) in [7, 11) is -3.87. The highest BCUT2D eigenvalue weighted by molar-refractivity contribution is 7.89. The summed E-state index contributed by atoms with van der Waals surface area (Å²) < 4.78 is 26.5. The van der Waals surface area contributed by atoms with Gasteiger partial charge >= 0.3 is 5.97 Å². The molecular weight excluding hydrogens is 337 g/mol. The van der Waals surface area contributed by atoms with Crippen molar-refractivity contribution in [3.63, 3.8) is 0 Å². The second-order valence-corrected chi connectivity index (χ2v) is 7.58. The molecule has 0 unspecified atom stereocenters. The van der Waals surface area contributed by atoms with Crippen molar-refractivity contribution in [3.05, 3.63) is 27.7 Å². The number of benzene rings is 1. The molecule has 0 fully saturated rings. The first-order valence-corrected chi connectivity index (χ1v) is 8.53. The van der Waals surface area contributed by atoms with Gasteiger partial charge in [0.2, 0.25) is 10.0 Å². The highest BCUT2D eigenvalue weighted by Crippen LogP contribution is 2.32. The van der Waals surface area contributed by atoms with E-state index in [0.717, 1.165) is 0 Å². The van der Waals surface area contributed by atoms with Crippen molar-refractivity contribution in [2.75, 3.05) is 13.1 Å². The first kappa shape index (κ1) is 18.2. The number of hydrogen-bond acceptors (Lipinski definition) is 3. The van der Waals surface area contributed by atoms with Crippen LogP contribution in [-0.2, 0) is 10.0 Å². The molecule has 21 heavy (non-hydrogen) atoms. The summed E-state index contributed by atoms with van der Waals surface area (Å²) >= 11 is 11.7. The van der Waals surface area contributed by atoms with Gasteiger partial charge in [0.15, 0.2) is 0 Å². The lowest BCUT2D eigenvalue weighted by Crippen LogP contribution is -2.34. The Morgan fingerprint density at radius 2 is 1.90 bits per heavy atom. The van der Waals surface area contributed by atoms with Crippen molar-refractivity contribution < 1.29 is 18.3 Å². The van der Waals surface area contributed by atoms with E-state index in [4.69, 9.17) is 28.3 Å². The number of hydrogen-bond donors (Lipinski definition) is 1. The molecular formula is C13H17Cl2NO4S. The van der Waals surface area contributed by atoms with Crippen molar-refractivity contribution in [1.82, 2.24) is 4.31 Å². The van der Waals surface area contributed by atoms with Crippen LogP contribution in [0.1, 0.15) is 31.1 Å². The van der Waals surface area contributed by atoms with Crippen LogP contribution in [0.2, 0.25) is 10.0 Å².